The Bertz CT molecular complexity index is 859. The molecular formula is C19H22N4O2. The smallest absolute Gasteiger partial charge is 0.405 e. The third-order valence-electron chi connectivity index (χ3n) is 4.23. The first-order valence-corrected chi connectivity index (χ1v) is 8.41. The van der Waals surface area contributed by atoms with Gasteiger partial charge in [0.25, 0.3) is 0 Å². The Hall–Kier alpha value is -2.86. The van der Waals surface area contributed by atoms with Gasteiger partial charge in [0.05, 0.1) is 17.9 Å². The topological polar surface area (TPSA) is 104 Å². The highest BCUT2D eigenvalue weighted by molar-refractivity contribution is 5.86. The molecule has 0 spiro atoms. The minimum absolute atomic E-state index is 0.363. The highest BCUT2D eigenvalue weighted by Crippen LogP contribution is 2.25. The van der Waals surface area contributed by atoms with Crippen LogP contribution in [0.5, 0.6) is 0 Å². The average molecular weight is 338 g/mol. The van der Waals surface area contributed by atoms with Gasteiger partial charge in [-0.15, -0.1) is 0 Å². The number of carbonyl (C=O) groups is 1. The highest BCUT2D eigenvalue weighted by Gasteiger charge is 2.17. The first-order chi connectivity index (χ1) is 12.2. The zero-order chi connectivity index (χ0) is 17.6. The molecule has 0 fully saturated rings. The number of hydrogen-bond acceptors (Lipinski definition) is 3. The van der Waals surface area contributed by atoms with Crippen molar-refractivity contribution in [1.29, 1.82) is 0 Å². The maximum Gasteiger partial charge on any atom is 0.405 e. The molecule has 0 unspecified atom stereocenters. The number of rotatable bonds is 7. The van der Waals surface area contributed by atoms with Crippen LogP contribution in [0.15, 0.2) is 48.7 Å². The van der Waals surface area contributed by atoms with Crippen molar-refractivity contribution < 1.29 is 9.90 Å². The Morgan fingerprint density at radius 1 is 1.20 bits per heavy atom. The summed E-state index contributed by atoms with van der Waals surface area (Å²) in [6.45, 7) is 0.598. The van der Waals surface area contributed by atoms with Gasteiger partial charge in [0.2, 0.25) is 0 Å². The second-order valence-electron chi connectivity index (χ2n) is 6.03. The number of benzene rings is 2. The van der Waals surface area contributed by atoms with E-state index in [9.17, 15) is 4.79 Å². The Labute approximate surface area is 146 Å². The maximum atomic E-state index is 11.1. The molecule has 0 aliphatic rings. The van der Waals surface area contributed by atoms with Gasteiger partial charge in [0, 0.05) is 5.56 Å². The van der Waals surface area contributed by atoms with E-state index in [-0.39, 0.29) is 6.04 Å². The lowest BCUT2D eigenvalue weighted by Gasteiger charge is -2.14. The largest absolute Gasteiger partial charge is 0.465 e. The van der Waals surface area contributed by atoms with Crippen LogP contribution in [0.3, 0.4) is 0 Å². The molecular weight excluding hydrogens is 316 g/mol. The van der Waals surface area contributed by atoms with Crippen LogP contribution >= 0.6 is 0 Å². The molecule has 1 heterocycles. The quantitative estimate of drug-likeness (QED) is 0.493. The summed E-state index contributed by atoms with van der Waals surface area (Å²) in [4.78, 5) is 18.7. The number of hydrogen-bond donors (Lipinski definition) is 4. The zero-order valence-electron chi connectivity index (χ0n) is 13.9. The molecule has 0 aliphatic carbocycles. The van der Waals surface area contributed by atoms with Crippen molar-refractivity contribution in [3.05, 3.63) is 54.5 Å². The van der Waals surface area contributed by atoms with E-state index in [1.165, 1.54) is 5.39 Å². The summed E-state index contributed by atoms with van der Waals surface area (Å²) in [6, 6.07) is 14.0. The number of fused-ring (bicyclic) bond motifs is 1. The standard InChI is InChI=1S/C19H22N4O2/c20-10-4-3-7-16(23-19(24)25)18-21-12-17(22-18)15-9-8-13-5-1-2-6-14(13)11-15/h1-2,5-6,8-9,11-12,16,23H,3-4,7,10,20H2,(H,21,22)(H,24,25)/t16-/m0/s1. The fourth-order valence-corrected chi connectivity index (χ4v) is 2.94. The van der Waals surface area contributed by atoms with Crippen LogP contribution < -0.4 is 11.1 Å². The van der Waals surface area contributed by atoms with E-state index in [4.69, 9.17) is 10.8 Å². The van der Waals surface area contributed by atoms with Crippen LogP contribution in [-0.4, -0.2) is 27.7 Å². The summed E-state index contributed by atoms with van der Waals surface area (Å²) in [5.41, 5.74) is 7.41. The van der Waals surface area contributed by atoms with E-state index < -0.39 is 6.09 Å². The van der Waals surface area contributed by atoms with Crippen molar-refractivity contribution >= 4 is 16.9 Å². The SMILES string of the molecule is NCCCC[C@H](NC(=O)O)c1ncc(-c2ccc3ccccc3c2)[nH]1. The van der Waals surface area contributed by atoms with Crippen LogP contribution in [0.4, 0.5) is 4.79 Å². The van der Waals surface area contributed by atoms with E-state index in [2.05, 4.69) is 39.6 Å². The molecule has 130 valence electrons. The summed E-state index contributed by atoms with van der Waals surface area (Å²) < 4.78 is 0. The van der Waals surface area contributed by atoms with Gasteiger partial charge < -0.3 is 21.1 Å². The summed E-state index contributed by atoms with van der Waals surface area (Å²) in [6.07, 6.45) is 3.05. The fourth-order valence-electron chi connectivity index (χ4n) is 2.94. The molecule has 3 aromatic rings. The van der Waals surface area contributed by atoms with Gasteiger partial charge in [-0.05, 0) is 42.6 Å². The Morgan fingerprint density at radius 3 is 2.76 bits per heavy atom. The lowest BCUT2D eigenvalue weighted by Crippen LogP contribution is -2.27. The number of H-pyrrole nitrogens is 1. The summed E-state index contributed by atoms with van der Waals surface area (Å²) in [5, 5.41) is 13.9. The van der Waals surface area contributed by atoms with Crippen LogP contribution in [0.2, 0.25) is 0 Å². The monoisotopic (exact) mass is 338 g/mol. The van der Waals surface area contributed by atoms with E-state index in [0.29, 0.717) is 18.8 Å². The van der Waals surface area contributed by atoms with Crippen molar-refractivity contribution in [1.82, 2.24) is 15.3 Å². The van der Waals surface area contributed by atoms with E-state index in [1.807, 2.05) is 18.2 Å². The number of carboxylic acid groups (broad SMARTS) is 1. The molecule has 0 saturated carbocycles. The lowest BCUT2D eigenvalue weighted by molar-refractivity contribution is 0.188. The normalized spacial score (nSPS) is 12.2. The van der Waals surface area contributed by atoms with Gasteiger partial charge >= 0.3 is 6.09 Å². The lowest BCUT2D eigenvalue weighted by atomic mass is 10.1. The highest BCUT2D eigenvalue weighted by atomic mass is 16.4. The van der Waals surface area contributed by atoms with Crippen LogP contribution in [0.1, 0.15) is 31.1 Å². The molecule has 5 N–H and O–H groups in total. The van der Waals surface area contributed by atoms with Crippen molar-refractivity contribution in [2.24, 2.45) is 5.73 Å². The summed E-state index contributed by atoms with van der Waals surface area (Å²) in [5.74, 6) is 0.627. The number of nitrogens with two attached hydrogens (primary N) is 1. The molecule has 2 aromatic carbocycles. The number of aromatic nitrogens is 2. The van der Waals surface area contributed by atoms with Gasteiger partial charge in [0.1, 0.15) is 5.82 Å². The molecule has 1 atom stereocenters. The van der Waals surface area contributed by atoms with Gasteiger partial charge in [-0.3, -0.25) is 0 Å². The zero-order valence-corrected chi connectivity index (χ0v) is 13.9. The van der Waals surface area contributed by atoms with E-state index in [1.54, 1.807) is 6.20 Å². The fraction of sp³-hybridized carbons (Fsp3) is 0.263. The molecule has 6 heteroatoms. The maximum absolute atomic E-state index is 11.1. The molecule has 6 nitrogen and oxygen atoms in total. The van der Waals surface area contributed by atoms with Crippen molar-refractivity contribution in [2.75, 3.05) is 6.54 Å². The second kappa shape index (κ2) is 7.81. The predicted octanol–water partition coefficient (Wildman–Crippen LogP) is 3.67. The molecule has 1 aromatic heterocycles. The van der Waals surface area contributed by atoms with Crippen molar-refractivity contribution in [3.8, 4) is 11.3 Å². The molecule has 0 aliphatic heterocycles. The summed E-state index contributed by atoms with van der Waals surface area (Å²) >= 11 is 0. The molecule has 0 radical (unpaired) electrons. The number of unbranched alkanes of at least 4 members (excludes halogenated alkanes) is 1. The Kier molecular flexibility index (Phi) is 5.30. The van der Waals surface area contributed by atoms with Crippen LogP contribution in [0.25, 0.3) is 22.0 Å². The molecule has 3 rings (SSSR count). The Balaban J connectivity index is 1.83. The number of amides is 1. The predicted molar refractivity (Wildman–Crippen MR) is 98.3 cm³/mol. The number of aromatic amines is 1. The first kappa shape index (κ1) is 17.0. The van der Waals surface area contributed by atoms with E-state index in [0.717, 1.165) is 29.5 Å². The Morgan fingerprint density at radius 2 is 2.00 bits per heavy atom. The number of nitrogens with one attached hydrogen (secondary N) is 2. The van der Waals surface area contributed by atoms with Gasteiger partial charge in [-0.2, -0.15) is 0 Å². The molecule has 0 bridgehead atoms. The minimum Gasteiger partial charge on any atom is -0.465 e. The first-order valence-electron chi connectivity index (χ1n) is 8.41. The second-order valence-corrected chi connectivity index (χ2v) is 6.03. The van der Waals surface area contributed by atoms with Crippen LogP contribution in [0, 0.1) is 0 Å². The van der Waals surface area contributed by atoms with Crippen molar-refractivity contribution in [2.45, 2.75) is 25.3 Å². The third-order valence-corrected chi connectivity index (χ3v) is 4.23. The van der Waals surface area contributed by atoms with Crippen molar-refractivity contribution in [3.63, 3.8) is 0 Å². The van der Waals surface area contributed by atoms with Crippen LogP contribution in [-0.2, 0) is 0 Å². The molecule has 25 heavy (non-hydrogen) atoms. The van der Waals surface area contributed by atoms with Gasteiger partial charge in [-0.25, -0.2) is 9.78 Å². The number of imidazole rings is 1. The molecule has 1 amide bonds. The third kappa shape index (κ3) is 4.16. The minimum atomic E-state index is -1.05. The average Bonchev–Trinajstić information content (AvgIpc) is 3.10. The van der Waals surface area contributed by atoms with Gasteiger partial charge in [-0.1, -0.05) is 36.4 Å². The van der Waals surface area contributed by atoms with Gasteiger partial charge in [0.15, 0.2) is 0 Å². The number of nitrogens with zero attached hydrogens (tertiary/aromatic N) is 1. The van der Waals surface area contributed by atoms with E-state index >= 15 is 0 Å². The molecule has 0 saturated heterocycles. The summed E-state index contributed by atoms with van der Waals surface area (Å²) in [7, 11) is 0.